The van der Waals surface area contributed by atoms with E-state index >= 15 is 0 Å². The first kappa shape index (κ1) is 22.4. The lowest BCUT2D eigenvalue weighted by atomic mass is 9.48. The molecule has 4 fully saturated rings. The molecular formula is C29H40N2O4. The van der Waals surface area contributed by atoms with Crippen molar-refractivity contribution in [3.05, 3.63) is 23.3 Å². The number of carbonyl (C=O) groups is 1. The first-order valence-electron chi connectivity index (χ1n) is 14.1. The Morgan fingerprint density at radius 1 is 1.20 bits per heavy atom. The zero-order valence-corrected chi connectivity index (χ0v) is 21.2. The third-order valence-corrected chi connectivity index (χ3v) is 11.1. The number of carbonyl (C=O) groups excluding carboxylic acids is 1. The lowest BCUT2D eigenvalue weighted by Crippen LogP contribution is -2.78. The van der Waals surface area contributed by atoms with Crippen LogP contribution in [0.15, 0.2) is 12.1 Å². The van der Waals surface area contributed by atoms with Crippen molar-refractivity contribution < 1.29 is 19.7 Å². The van der Waals surface area contributed by atoms with Gasteiger partial charge in [0.2, 0.25) is 5.91 Å². The number of aromatic hydroxyl groups is 1. The first-order chi connectivity index (χ1) is 16.8. The van der Waals surface area contributed by atoms with Crippen LogP contribution in [0.4, 0.5) is 0 Å². The summed E-state index contributed by atoms with van der Waals surface area (Å²) in [4.78, 5) is 18.2. The number of amides is 1. The second-order valence-electron chi connectivity index (χ2n) is 12.7. The third kappa shape index (κ3) is 2.93. The average molecular weight is 481 g/mol. The Bertz CT molecular complexity index is 1050. The Morgan fingerprint density at radius 2 is 1.97 bits per heavy atom. The van der Waals surface area contributed by atoms with Gasteiger partial charge in [0.25, 0.3) is 0 Å². The van der Waals surface area contributed by atoms with E-state index in [0.29, 0.717) is 18.1 Å². The Balaban J connectivity index is 1.28. The second kappa shape index (κ2) is 7.61. The van der Waals surface area contributed by atoms with Gasteiger partial charge >= 0.3 is 0 Å². The molecule has 35 heavy (non-hydrogen) atoms. The molecule has 2 aliphatic heterocycles. The molecule has 6 heteroatoms. The van der Waals surface area contributed by atoms with Crippen LogP contribution in [0, 0.1) is 17.8 Å². The average Bonchev–Trinajstić information content (AvgIpc) is 3.35. The van der Waals surface area contributed by atoms with E-state index < -0.39 is 11.0 Å². The highest BCUT2D eigenvalue weighted by Crippen LogP contribution is 2.66. The summed E-state index contributed by atoms with van der Waals surface area (Å²) < 4.78 is 6.67. The number of likely N-dealkylation sites (N-methyl/N-ethyl adjacent to an activating group) is 1. The zero-order chi connectivity index (χ0) is 24.1. The molecule has 3 saturated carbocycles. The lowest BCUT2D eigenvalue weighted by Gasteiger charge is -2.64. The van der Waals surface area contributed by atoms with E-state index in [1.165, 1.54) is 31.2 Å². The number of aliphatic hydroxyl groups is 1. The van der Waals surface area contributed by atoms with Gasteiger partial charge in [0.05, 0.1) is 17.1 Å². The van der Waals surface area contributed by atoms with Crippen molar-refractivity contribution >= 4 is 5.91 Å². The smallest absolute Gasteiger partial charge is 0.225 e. The van der Waals surface area contributed by atoms with Gasteiger partial charge in [-0.3, -0.25) is 9.69 Å². The number of phenols is 1. The molecule has 1 saturated heterocycles. The number of hydrogen-bond donors (Lipinski definition) is 2. The number of rotatable bonds is 5. The number of likely N-dealkylation sites (tertiary alicyclic amines) is 1. The standard InChI is InChI=1S/C29H40N2O4/c1-17(19-5-3-4-6-19)27(33)30(2)21-11-12-29(34)23-15-20-9-10-22(32)25-24(20)28(29,26(21)35-25)13-14-31(23)16-18-7-8-18/h9-10,17-19,21,23,26,32,34H,3-8,11-16H2,1-2H3/t17?,21?,23-,26?,28+,29-/m1/s1. The Hall–Kier alpha value is -1.79. The molecule has 4 aliphatic carbocycles. The summed E-state index contributed by atoms with van der Waals surface area (Å²) in [6, 6.07) is 3.79. The molecule has 6 nitrogen and oxygen atoms in total. The van der Waals surface area contributed by atoms with Gasteiger partial charge < -0.3 is 19.8 Å². The highest BCUT2D eigenvalue weighted by molar-refractivity contribution is 5.79. The van der Waals surface area contributed by atoms with Crippen LogP contribution in [0.2, 0.25) is 0 Å². The molecular weight excluding hydrogens is 440 g/mol. The third-order valence-electron chi connectivity index (χ3n) is 11.1. The van der Waals surface area contributed by atoms with Crippen LogP contribution in [0.3, 0.4) is 0 Å². The van der Waals surface area contributed by atoms with E-state index in [1.54, 1.807) is 6.07 Å². The van der Waals surface area contributed by atoms with Gasteiger partial charge in [-0.25, -0.2) is 0 Å². The topological polar surface area (TPSA) is 73.2 Å². The van der Waals surface area contributed by atoms with Crippen molar-refractivity contribution in [2.75, 3.05) is 20.1 Å². The SMILES string of the molecule is CC(C(=O)N(C)C1CC[C@@]2(O)[C@H]3Cc4ccc(O)c5c4[C@@]2(CCN3CC2CC2)C1O5)C1CCCC1. The number of phenolic OH excluding ortho intramolecular Hbond substituents is 1. The fourth-order valence-electron chi connectivity index (χ4n) is 9.00. The van der Waals surface area contributed by atoms with Crippen LogP contribution in [-0.4, -0.2) is 69.8 Å². The quantitative estimate of drug-likeness (QED) is 0.674. The molecule has 1 aromatic carbocycles. The zero-order valence-electron chi connectivity index (χ0n) is 21.2. The summed E-state index contributed by atoms with van der Waals surface area (Å²) in [5.74, 6) is 2.22. The lowest BCUT2D eigenvalue weighted by molar-refractivity contribution is -0.201. The molecule has 2 bridgehead atoms. The monoisotopic (exact) mass is 480 g/mol. The largest absolute Gasteiger partial charge is 0.504 e. The van der Waals surface area contributed by atoms with Crippen molar-refractivity contribution in [3.63, 3.8) is 0 Å². The summed E-state index contributed by atoms with van der Waals surface area (Å²) in [5, 5.41) is 23.5. The van der Waals surface area contributed by atoms with Gasteiger partial charge in [0, 0.05) is 31.1 Å². The molecule has 6 atom stereocenters. The first-order valence-corrected chi connectivity index (χ1v) is 14.1. The van der Waals surface area contributed by atoms with E-state index in [-0.39, 0.29) is 35.8 Å². The predicted octanol–water partition coefficient (Wildman–Crippen LogP) is 3.61. The summed E-state index contributed by atoms with van der Waals surface area (Å²) in [6.45, 7) is 4.13. The van der Waals surface area contributed by atoms with Crippen LogP contribution in [-0.2, 0) is 16.6 Å². The number of ether oxygens (including phenoxy) is 1. The Morgan fingerprint density at radius 3 is 2.71 bits per heavy atom. The number of hydrogen-bond acceptors (Lipinski definition) is 5. The summed E-state index contributed by atoms with van der Waals surface area (Å²) in [7, 11) is 1.95. The van der Waals surface area contributed by atoms with E-state index in [9.17, 15) is 15.0 Å². The van der Waals surface area contributed by atoms with Gasteiger partial charge in [0.15, 0.2) is 11.5 Å². The van der Waals surface area contributed by atoms with Crippen molar-refractivity contribution in [1.82, 2.24) is 9.80 Å². The van der Waals surface area contributed by atoms with Crippen LogP contribution in [0.1, 0.15) is 75.8 Å². The maximum atomic E-state index is 13.7. The van der Waals surface area contributed by atoms with Gasteiger partial charge in [-0.15, -0.1) is 0 Å². The normalized spacial score (nSPS) is 38.7. The van der Waals surface area contributed by atoms with Gasteiger partial charge in [0.1, 0.15) is 6.10 Å². The maximum Gasteiger partial charge on any atom is 0.225 e. The van der Waals surface area contributed by atoms with Crippen molar-refractivity contribution in [2.45, 2.75) is 100 Å². The van der Waals surface area contributed by atoms with Crippen molar-refractivity contribution in [1.29, 1.82) is 0 Å². The number of piperidine rings is 1. The molecule has 2 heterocycles. The predicted molar refractivity (Wildman–Crippen MR) is 132 cm³/mol. The number of benzene rings is 1. The highest BCUT2D eigenvalue weighted by atomic mass is 16.5. The van der Waals surface area contributed by atoms with Crippen molar-refractivity contribution in [2.24, 2.45) is 17.8 Å². The van der Waals surface area contributed by atoms with E-state index in [2.05, 4.69) is 17.9 Å². The Labute approximate surface area is 208 Å². The van der Waals surface area contributed by atoms with E-state index in [0.717, 1.165) is 56.7 Å². The molecule has 190 valence electrons. The summed E-state index contributed by atoms with van der Waals surface area (Å²) in [5.41, 5.74) is 0.799. The molecule has 0 radical (unpaired) electrons. The van der Waals surface area contributed by atoms with E-state index in [4.69, 9.17) is 4.74 Å². The number of nitrogens with zero attached hydrogens (tertiary/aromatic N) is 2. The fraction of sp³-hybridized carbons (Fsp3) is 0.759. The minimum Gasteiger partial charge on any atom is -0.504 e. The van der Waals surface area contributed by atoms with Gasteiger partial charge in [-0.05, 0) is 81.4 Å². The molecule has 7 rings (SSSR count). The van der Waals surface area contributed by atoms with Crippen LogP contribution in [0.5, 0.6) is 11.5 Å². The summed E-state index contributed by atoms with van der Waals surface area (Å²) in [6.07, 6.45) is 10.1. The van der Waals surface area contributed by atoms with Gasteiger partial charge in [-0.1, -0.05) is 25.8 Å². The van der Waals surface area contributed by atoms with Crippen molar-refractivity contribution in [3.8, 4) is 11.5 Å². The molecule has 1 spiro atoms. The fourth-order valence-corrected chi connectivity index (χ4v) is 9.00. The molecule has 0 aromatic heterocycles. The molecule has 1 aromatic rings. The summed E-state index contributed by atoms with van der Waals surface area (Å²) >= 11 is 0. The van der Waals surface area contributed by atoms with Crippen LogP contribution < -0.4 is 4.74 Å². The maximum absolute atomic E-state index is 13.7. The second-order valence-corrected chi connectivity index (χ2v) is 12.7. The molecule has 6 aliphatic rings. The molecule has 3 unspecified atom stereocenters. The minimum atomic E-state index is -0.895. The highest BCUT2D eigenvalue weighted by Gasteiger charge is 2.73. The van der Waals surface area contributed by atoms with Crippen LogP contribution in [0.25, 0.3) is 0 Å². The molecule has 2 N–H and O–H groups in total. The minimum absolute atomic E-state index is 0.0213. The molecule has 1 amide bonds. The Kier molecular flexibility index (Phi) is 4.87. The van der Waals surface area contributed by atoms with Gasteiger partial charge in [-0.2, -0.15) is 0 Å². The van der Waals surface area contributed by atoms with Crippen LogP contribution >= 0.6 is 0 Å². The van der Waals surface area contributed by atoms with E-state index in [1.807, 2.05) is 11.9 Å².